The van der Waals surface area contributed by atoms with Crippen molar-refractivity contribution in [3.05, 3.63) is 0 Å². The molecular weight excluding hydrogens is 174 g/mol. The van der Waals surface area contributed by atoms with Gasteiger partial charge in [0.25, 0.3) is 0 Å². The maximum absolute atomic E-state index is 10.6. The molecule has 0 aliphatic carbocycles. The molecule has 13 heavy (non-hydrogen) atoms. The number of carboxylic acids is 1. The van der Waals surface area contributed by atoms with Gasteiger partial charge < -0.3 is 14.9 Å². The highest BCUT2D eigenvalue weighted by molar-refractivity contribution is 5.77. The normalized spacial score (nSPS) is 14.2. The number of nitrogens with one attached hydrogen (secondary N) is 1. The Morgan fingerprint density at radius 1 is 1.62 bits per heavy atom. The largest absolute Gasteiger partial charge is 0.480 e. The first kappa shape index (κ1) is 12.3. The fourth-order valence-corrected chi connectivity index (χ4v) is 0.700. The number of carboxylic acid groups (broad SMARTS) is 1. The van der Waals surface area contributed by atoms with Gasteiger partial charge in [-0.3, -0.25) is 10.1 Å². The zero-order valence-electron chi connectivity index (χ0n) is 8.20. The molecule has 0 saturated carbocycles. The third kappa shape index (κ3) is 4.82. The van der Waals surface area contributed by atoms with Gasteiger partial charge in [-0.25, -0.2) is 0 Å². The van der Waals surface area contributed by atoms with E-state index in [9.17, 15) is 9.90 Å². The molecule has 0 fully saturated rings. The molecule has 0 saturated heterocycles. The molecule has 3 N–H and O–H groups in total. The summed E-state index contributed by atoms with van der Waals surface area (Å²) < 4.78 is 4.69. The lowest BCUT2D eigenvalue weighted by molar-refractivity contribution is -0.143. The molecule has 0 aromatic carbocycles. The quantitative estimate of drug-likeness (QED) is 0.525. The van der Waals surface area contributed by atoms with Crippen molar-refractivity contribution in [1.29, 1.82) is 0 Å². The van der Waals surface area contributed by atoms with Gasteiger partial charge in [0.2, 0.25) is 0 Å². The van der Waals surface area contributed by atoms with E-state index in [0.29, 0.717) is 0 Å². The average molecular weight is 191 g/mol. The van der Waals surface area contributed by atoms with Crippen LogP contribution in [-0.2, 0) is 9.53 Å². The zero-order chi connectivity index (χ0) is 10.5. The van der Waals surface area contributed by atoms with E-state index in [2.05, 4.69) is 5.32 Å². The van der Waals surface area contributed by atoms with E-state index in [1.807, 2.05) is 0 Å². The van der Waals surface area contributed by atoms with Gasteiger partial charge in [-0.2, -0.15) is 0 Å². The molecule has 0 aliphatic rings. The Hall–Kier alpha value is -0.650. The third-order valence-electron chi connectivity index (χ3n) is 1.67. The van der Waals surface area contributed by atoms with Crippen LogP contribution in [-0.4, -0.2) is 48.1 Å². The standard InChI is InChI=1S/C8H17NO4/c1-8(2,7(11)12)9-4-6(10)5-13-3/h6,9-10H,4-5H2,1-3H3,(H,11,12). The molecule has 1 atom stereocenters. The SMILES string of the molecule is COCC(O)CNC(C)(C)C(=O)O. The topological polar surface area (TPSA) is 78.8 Å². The Morgan fingerprint density at radius 3 is 2.54 bits per heavy atom. The van der Waals surface area contributed by atoms with Crippen LogP contribution in [0.3, 0.4) is 0 Å². The van der Waals surface area contributed by atoms with Crippen LogP contribution < -0.4 is 5.32 Å². The summed E-state index contributed by atoms with van der Waals surface area (Å²) in [5, 5.41) is 20.6. The van der Waals surface area contributed by atoms with Crippen molar-refractivity contribution in [2.24, 2.45) is 0 Å². The molecule has 1 unspecified atom stereocenters. The Morgan fingerprint density at radius 2 is 2.15 bits per heavy atom. The number of aliphatic hydroxyl groups is 1. The predicted octanol–water partition coefficient (Wildman–Crippen LogP) is -0.553. The van der Waals surface area contributed by atoms with Crippen LogP contribution >= 0.6 is 0 Å². The molecule has 0 heterocycles. The number of β-amino-alcohol motifs (C(OH)–C–C–N with tert-alkyl or cyclic N) is 1. The first-order chi connectivity index (χ1) is 5.90. The van der Waals surface area contributed by atoms with Crippen molar-refractivity contribution in [3.63, 3.8) is 0 Å². The highest BCUT2D eigenvalue weighted by atomic mass is 16.5. The number of rotatable bonds is 6. The minimum absolute atomic E-state index is 0.197. The minimum atomic E-state index is -1.02. The second-order valence-electron chi connectivity index (χ2n) is 3.42. The van der Waals surface area contributed by atoms with E-state index in [4.69, 9.17) is 9.84 Å². The molecule has 78 valence electrons. The van der Waals surface area contributed by atoms with Crippen molar-refractivity contribution in [2.75, 3.05) is 20.3 Å². The number of hydrogen-bond donors (Lipinski definition) is 3. The maximum Gasteiger partial charge on any atom is 0.323 e. The van der Waals surface area contributed by atoms with Gasteiger partial charge in [-0.15, -0.1) is 0 Å². The molecular formula is C8H17NO4. The first-order valence-corrected chi connectivity index (χ1v) is 4.05. The number of aliphatic hydroxyl groups excluding tert-OH is 1. The van der Waals surface area contributed by atoms with E-state index < -0.39 is 17.6 Å². The molecule has 5 nitrogen and oxygen atoms in total. The Kier molecular flexibility index (Phi) is 4.90. The summed E-state index contributed by atoms with van der Waals surface area (Å²) in [6, 6.07) is 0. The fraction of sp³-hybridized carbons (Fsp3) is 0.875. The van der Waals surface area contributed by atoms with Gasteiger partial charge >= 0.3 is 5.97 Å². The molecule has 5 heteroatoms. The summed E-state index contributed by atoms with van der Waals surface area (Å²) in [5.74, 6) is -0.947. The Balaban J connectivity index is 3.80. The lowest BCUT2D eigenvalue weighted by Crippen LogP contribution is -2.49. The van der Waals surface area contributed by atoms with Crippen LogP contribution in [0.1, 0.15) is 13.8 Å². The van der Waals surface area contributed by atoms with Crippen LogP contribution in [0.4, 0.5) is 0 Å². The average Bonchev–Trinajstić information content (AvgIpc) is 2.01. The summed E-state index contributed by atoms with van der Waals surface area (Å²) >= 11 is 0. The second-order valence-corrected chi connectivity index (χ2v) is 3.42. The third-order valence-corrected chi connectivity index (χ3v) is 1.67. The fourth-order valence-electron chi connectivity index (χ4n) is 0.700. The van der Waals surface area contributed by atoms with E-state index in [-0.39, 0.29) is 13.2 Å². The highest BCUT2D eigenvalue weighted by Crippen LogP contribution is 2.01. The summed E-state index contributed by atoms with van der Waals surface area (Å²) in [6.07, 6.45) is -0.677. The van der Waals surface area contributed by atoms with E-state index in [0.717, 1.165) is 0 Å². The Labute approximate surface area is 77.7 Å². The molecule has 0 rings (SSSR count). The molecule has 0 aliphatic heterocycles. The monoisotopic (exact) mass is 191 g/mol. The van der Waals surface area contributed by atoms with Gasteiger partial charge in [-0.1, -0.05) is 0 Å². The second kappa shape index (κ2) is 5.16. The minimum Gasteiger partial charge on any atom is -0.480 e. The van der Waals surface area contributed by atoms with Crippen LogP contribution in [0.5, 0.6) is 0 Å². The zero-order valence-corrected chi connectivity index (χ0v) is 8.20. The number of carbonyl (C=O) groups is 1. The summed E-state index contributed by atoms with van der Waals surface area (Å²) in [6.45, 7) is 3.47. The van der Waals surface area contributed by atoms with Crippen molar-refractivity contribution >= 4 is 5.97 Å². The van der Waals surface area contributed by atoms with Crippen LogP contribution in [0, 0.1) is 0 Å². The van der Waals surface area contributed by atoms with E-state index >= 15 is 0 Å². The summed E-state index contributed by atoms with van der Waals surface area (Å²) in [5.41, 5.74) is -1.02. The molecule has 0 bridgehead atoms. The molecule has 0 radical (unpaired) electrons. The number of methoxy groups -OCH3 is 1. The molecule has 0 amide bonds. The lowest BCUT2D eigenvalue weighted by Gasteiger charge is -2.22. The van der Waals surface area contributed by atoms with E-state index in [1.165, 1.54) is 21.0 Å². The van der Waals surface area contributed by atoms with Crippen LogP contribution in [0.25, 0.3) is 0 Å². The van der Waals surface area contributed by atoms with Crippen LogP contribution in [0.15, 0.2) is 0 Å². The van der Waals surface area contributed by atoms with Gasteiger partial charge in [0.05, 0.1) is 12.7 Å². The summed E-state index contributed by atoms with van der Waals surface area (Å²) in [7, 11) is 1.48. The van der Waals surface area contributed by atoms with Gasteiger partial charge in [0, 0.05) is 13.7 Å². The molecule has 0 aromatic heterocycles. The van der Waals surface area contributed by atoms with Crippen molar-refractivity contribution in [2.45, 2.75) is 25.5 Å². The lowest BCUT2D eigenvalue weighted by atomic mass is 10.1. The predicted molar refractivity (Wildman–Crippen MR) is 47.6 cm³/mol. The van der Waals surface area contributed by atoms with Gasteiger partial charge in [0.1, 0.15) is 5.54 Å². The molecule has 0 aromatic rings. The van der Waals surface area contributed by atoms with Gasteiger partial charge in [-0.05, 0) is 13.8 Å². The van der Waals surface area contributed by atoms with Crippen LogP contribution in [0.2, 0.25) is 0 Å². The number of ether oxygens (including phenoxy) is 1. The summed E-state index contributed by atoms with van der Waals surface area (Å²) in [4.78, 5) is 10.6. The van der Waals surface area contributed by atoms with Crippen molar-refractivity contribution in [3.8, 4) is 0 Å². The first-order valence-electron chi connectivity index (χ1n) is 4.05. The number of hydrogen-bond acceptors (Lipinski definition) is 4. The van der Waals surface area contributed by atoms with E-state index in [1.54, 1.807) is 0 Å². The molecule has 0 spiro atoms. The Bertz CT molecular complexity index is 170. The smallest absolute Gasteiger partial charge is 0.323 e. The maximum atomic E-state index is 10.6. The van der Waals surface area contributed by atoms with Gasteiger partial charge in [0.15, 0.2) is 0 Å². The number of aliphatic carboxylic acids is 1. The van der Waals surface area contributed by atoms with Crippen molar-refractivity contribution in [1.82, 2.24) is 5.32 Å². The van der Waals surface area contributed by atoms with Crippen molar-refractivity contribution < 1.29 is 19.7 Å². The highest BCUT2D eigenvalue weighted by Gasteiger charge is 2.26.